The summed E-state index contributed by atoms with van der Waals surface area (Å²) < 4.78 is 13.7. The van der Waals surface area contributed by atoms with Gasteiger partial charge in [0.15, 0.2) is 5.82 Å². The van der Waals surface area contributed by atoms with Crippen molar-refractivity contribution in [3.8, 4) is 0 Å². The average molecular weight is 227 g/mol. The lowest BCUT2D eigenvalue weighted by Crippen LogP contribution is -1.97. The van der Waals surface area contributed by atoms with Crippen molar-refractivity contribution in [1.82, 2.24) is 19.6 Å². The second-order valence-electron chi connectivity index (χ2n) is 3.08. The SMILES string of the molecule is CC(O)c1nc2nc(CF)cc([S])n2n1. The number of hydrogen-bond acceptors (Lipinski definition) is 4. The lowest BCUT2D eigenvalue weighted by atomic mass is 10.4. The van der Waals surface area contributed by atoms with Crippen LogP contribution in [0.4, 0.5) is 4.39 Å². The molecule has 15 heavy (non-hydrogen) atoms. The lowest BCUT2D eigenvalue weighted by Gasteiger charge is -1.97. The van der Waals surface area contributed by atoms with Crippen LogP contribution in [-0.4, -0.2) is 24.7 Å². The lowest BCUT2D eigenvalue weighted by molar-refractivity contribution is 0.189. The number of aliphatic hydroxyl groups excluding tert-OH is 1. The normalized spacial score (nSPS) is 13.3. The van der Waals surface area contributed by atoms with Crippen molar-refractivity contribution in [1.29, 1.82) is 0 Å². The van der Waals surface area contributed by atoms with Crippen LogP contribution in [0.3, 0.4) is 0 Å². The second kappa shape index (κ2) is 3.67. The zero-order valence-electron chi connectivity index (χ0n) is 7.88. The summed E-state index contributed by atoms with van der Waals surface area (Å²) in [5.74, 6) is 0.440. The van der Waals surface area contributed by atoms with E-state index in [1.807, 2.05) is 0 Å². The predicted molar refractivity (Wildman–Crippen MR) is 52.1 cm³/mol. The van der Waals surface area contributed by atoms with E-state index in [-0.39, 0.29) is 17.3 Å². The second-order valence-corrected chi connectivity index (χ2v) is 3.50. The molecule has 0 fully saturated rings. The molecule has 0 amide bonds. The third-order valence-corrected chi connectivity index (χ3v) is 2.15. The van der Waals surface area contributed by atoms with Crippen molar-refractivity contribution in [3.63, 3.8) is 0 Å². The first-order valence-electron chi connectivity index (χ1n) is 4.29. The monoisotopic (exact) mass is 227 g/mol. The van der Waals surface area contributed by atoms with Crippen LogP contribution in [0.15, 0.2) is 11.1 Å². The summed E-state index contributed by atoms with van der Waals surface area (Å²) in [6.07, 6.45) is -0.796. The summed E-state index contributed by atoms with van der Waals surface area (Å²) in [6, 6.07) is 1.42. The molecule has 0 aliphatic heterocycles. The van der Waals surface area contributed by atoms with Gasteiger partial charge in [0.05, 0.1) is 5.69 Å². The highest BCUT2D eigenvalue weighted by Crippen LogP contribution is 2.13. The van der Waals surface area contributed by atoms with Crippen LogP contribution in [0.5, 0.6) is 0 Å². The third-order valence-electron chi connectivity index (χ3n) is 1.86. The van der Waals surface area contributed by atoms with Crippen molar-refractivity contribution in [2.45, 2.75) is 24.7 Å². The van der Waals surface area contributed by atoms with Gasteiger partial charge in [-0.3, -0.25) is 0 Å². The van der Waals surface area contributed by atoms with E-state index in [0.717, 1.165) is 0 Å². The molecular weight excluding hydrogens is 219 g/mol. The Kier molecular flexibility index (Phi) is 2.49. The summed E-state index contributed by atoms with van der Waals surface area (Å²) >= 11 is 4.98. The van der Waals surface area contributed by atoms with E-state index in [1.54, 1.807) is 0 Å². The first kappa shape index (κ1) is 10.2. The van der Waals surface area contributed by atoms with Gasteiger partial charge in [-0.1, -0.05) is 12.6 Å². The number of hydrogen-bond donors (Lipinski definition) is 1. The third kappa shape index (κ3) is 1.75. The van der Waals surface area contributed by atoms with Gasteiger partial charge in [-0.25, -0.2) is 9.37 Å². The quantitative estimate of drug-likeness (QED) is 0.783. The fraction of sp³-hybridized carbons (Fsp3) is 0.375. The van der Waals surface area contributed by atoms with Gasteiger partial charge in [-0.05, 0) is 13.0 Å². The molecular formula is C8H8FN4OS. The van der Waals surface area contributed by atoms with Gasteiger partial charge in [0, 0.05) is 0 Å². The standard InChI is InChI=1S/C8H8FN4OS/c1-4(14)7-11-8-10-5(3-9)2-6(15)13(8)12-7/h2,4,14H,3H2,1H3. The van der Waals surface area contributed by atoms with Gasteiger partial charge in [0.2, 0.25) is 0 Å². The van der Waals surface area contributed by atoms with Gasteiger partial charge in [-0.15, -0.1) is 5.10 Å². The summed E-state index contributed by atoms with van der Waals surface area (Å²) in [5.41, 5.74) is 0.219. The summed E-state index contributed by atoms with van der Waals surface area (Å²) in [7, 11) is 0. The Morgan fingerprint density at radius 3 is 2.93 bits per heavy atom. The fourth-order valence-corrected chi connectivity index (χ4v) is 1.41. The van der Waals surface area contributed by atoms with Gasteiger partial charge in [0.25, 0.3) is 5.78 Å². The van der Waals surface area contributed by atoms with Crippen molar-refractivity contribution < 1.29 is 9.50 Å². The van der Waals surface area contributed by atoms with E-state index < -0.39 is 12.8 Å². The Morgan fingerprint density at radius 2 is 2.33 bits per heavy atom. The maximum absolute atomic E-state index is 12.4. The molecule has 1 unspecified atom stereocenters. The number of halogens is 1. The molecule has 1 N–H and O–H groups in total. The van der Waals surface area contributed by atoms with E-state index >= 15 is 0 Å². The summed E-state index contributed by atoms with van der Waals surface area (Å²) in [5, 5.41) is 13.5. The molecule has 2 aromatic heterocycles. The zero-order valence-corrected chi connectivity index (χ0v) is 8.70. The van der Waals surface area contributed by atoms with Gasteiger partial charge < -0.3 is 5.11 Å². The van der Waals surface area contributed by atoms with Crippen LogP contribution < -0.4 is 0 Å². The van der Waals surface area contributed by atoms with E-state index in [9.17, 15) is 9.50 Å². The highest BCUT2D eigenvalue weighted by Gasteiger charge is 2.12. The highest BCUT2D eigenvalue weighted by atomic mass is 32.1. The van der Waals surface area contributed by atoms with Crippen LogP contribution >= 0.6 is 12.6 Å². The molecule has 0 spiro atoms. The Hall–Kier alpha value is -1.34. The molecule has 0 saturated heterocycles. The van der Waals surface area contributed by atoms with Crippen LogP contribution in [0.2, 0.25) is 0 Å². The van der Waals surface area contributed by atoms with Crippen molar-refractivity contribution >= 4 is 18.4 Å². The van der Waals surface area contributed by atoms with Gasteiger partial charge in [0.1, 0.15) is 17.8 Å². The Balaban J connectivity index is 2.64. The van der Waals surface area contributed by atoms with Gasteiger partial charge >= 0.3 is 0 Å². The molecule has 2 heterocycles. The largest absolute Gasteiger partial charge is 0.385 e. The summed E-state index contributed by atoms with van der Waals surface area (Å²) in [4.78, 5) is 7.83. The molecule has 79 valence electrons. The predicted octanol–water partition coefficient (Wildman–Crippen LogP) is 1.20. The fourth-order valence-electron chi connectivity index (χ4n) is 1.15. The average Bonchev–Trinajstić information content (AvgIpc) is 2.61. The highest BCUT2D eigenvalue weighted by molar-refractivity contribution is 7.80. The van der Waals surface area contributed by atoms with Crippen LogP contribution in [0.25, 0.3) is 5.78 Å². The Bertz CT molecular complexity index is 499. The molecule has 5 nitrogen and oxygen atoms in total. The Labute approximate surface area is 90.4 Å². The van der Waals surface area contributed by atoms with Crippen molar-refractivity contribution in [2.24, 2.45) is 0 Å². The van der Waals surface area contributed by atoms with E-state index in [1.165, 1.54) is 17.5 Å². The number of fused-ring (bicyclic) bond motifs is 1. The van der Waals surface area contributed by atoms with Gasteiger partial charge in [-0.2, -0.15) is 9.50 Å². The maximum Gasteiger partial charge on any atom is 0.254 e. The van der Waals surface area contributed by atoms with Crippen molar-refractivity contribution in [3.05, 3.63) is 17.6 Å². The minimum atomic E-state index is -0.796. The number of rotatable bonds is 2. The maximum atomic E-state index is 12.4. The first-order chi connectivity index (χ1) is 7.11. The number of nitrogens with zero attached hydrogens (tertiary/aromatic N) is 4. The molecule has 1 atom stereocenters. The molecule has 0 saturated carbocycles. The molecule has 0 aromatic carbocycles. The molecule has 1 radical (unpaired) electrons. The number of aliphatic hydroxyl groups is 1. The van der Waals surface area contributed by atoms with Crippen LogP contribution in [0.1, 0.15) is 24.5 Å². The number of aromatic nitrogens is 4. The minimum Gasteiger partial charge on any atom is -0.385 e. The number of alkyl halides is 1. The van der Waals surface area contributed by atoms with Crippen LogP contribution in [0, 0.1) is 0 Å². The zero-order chi connectivity index (χ0) is 11.0. The molecule has 0 aliphatic carbocycles. The molecule has 7 heteroatoms. The smallest absolute Gasteiger partial charge is 0.254 e. The van der Waals surface area contributed by atoms with Crippen molar-refractivity contribution in [2.75, 3.05) is 0 Å². The molecule has 2 rings (SSSR count). The van der Waals surface area contributed by atoms with E-state index in [0.29, 0.717) is 5.03 Å². The van der Waals surface area contributed by atoms with E-state index in [2.05, 4.69) is 15.1 Å². The minimum absolute atomic E-state index is 0.214. The van der Waals surface area contributed by atoms with E-state index in [4.69, 9.17) is 12.6 Å². The molecule has 2 aromatic rings. The topological polar surface area (TPSA) is 63.3 Å². The summed E-state index contributed by atoms with van der Waals surface area (Å²) in [6.45, 7) is 0.838. The Morgan fingerprint density at radius 1 is 1.60 bits per heavy atom. The molecule has 0 bridgehead atoms. The van der Waals surface area contributed by atoms with Crippen LogP contribution in [-0.2, 0) is 6.67 Å². The molecule has 0 aliphatic rings. The first-order valence-corrected chi connectivity index (χ1v) is 4.70.